The molecule has 1 aromatic rings. The molecule has 0 bridgehead atoms. The Morgan fingerprint density at radius 1 is 1.24 bits per heavy atom. The molecular weight excluding hydrogens is 260 g/mol. The summed E-state index contributed by atoms with van der Waals surface area (Å²) in [5.41, 5.74) is 2.72. The van der Waals surface area contributed by atoms with Gasteiger partial charge in [0, 0.05) is 25.0 Å². The topological polar surface area (TPSA) is 24.5 Å². The Labute approximate surface area is 129 Å². The molecule has 0 amide bonds. The molecule has 21 heavy (non-hydrogen) atoms. The smallest absolute Gasteiger partial charge is 0.122 e. The lowest BCUT2D eigenvalue weighted by Crippen LogP contribution is -2.39. The zero-order chi connectivity index (χ0) is 15.4. The van der Waals surface area contributed by atoms with Crippen LogP contribution in [0.1, 0.15) is 44.4 Å². The maximum atomic E-state index is 5.58. The van der Waals surface area contributed by atoms with Gasteiger partial charge in [-0.3, -0.25) is 0 Å². The van der Waals surface area contributed by atoms with Gasteiger partial charge in [-0.05, 0) is 50.6 Å². The minimum atomic E-state index is 0.380. The number of hydrogen-bond donors (Lipinski definition) is 1. The monoisotopic (exact) mass is 290 g/mol. The summed E-state index contributed by atoms with van der Waals surface area (Å²) in [7, 11) is 4.35. The fourth-order valence-corrected chi connectivity index (χ4v) is 2.93. The van der Waals surface area contributed by atoms with Crippen molar-refractivity contribution in [2.45, 2.75) is 45.7 Å². The van der Waals surface area contributed by atoms with Gasteiger partial charge in [0.2, 0.25) is 0 Å². The van der Waals surface area contributed by atoms with Gasteiger partial charge in [0.1, 0.15) is 5.75 Å². The van der Waals surface area contributed by atoms with Gasteiger partial charge in [-0.15, -0.1) is 0 Å². The van der Waals surface area contributed by atoms with Gasteiger partial charge < -0.3 is 15.0 Å². The zero-order valence-electron chi connectivity index (χ0n) is 14.1. The lowest BCUT2D eigenvalue weighted by molar-refractivity contribution is 0.242. The summed E-state index contributed by atoms with van der Waals surface area (Å²) >= 11 is 0. The highest BCUT2D eigenvalue weighted by Gasteiger charge is 2.17. The van der Waals surface area contributed by atoms with Crippen LogP contribution in [0.4, 0.5) is 0 Å². The van der Waals surface area contributed by atoms with E-state index < -0.39 is 0 Å². The van der Waals surface area contributed by atoms with Gasteiger partial charge in [0.15, 0.2) is 0 Å². The van der Waals surface area contributed by atoms with Crippen LogP contribution in [0.3, 0.4) is 0 Å². The van der Waals surface area contributed by atoms with Crippen LogP contribution in [-0.4, -0.2) is 38.2 Å². The molecule has 2 rings (SSSR count). The molecule has 2 unspecified atom stereocenters. The molecular formula is C18H30N2O. The number of hydrogen-bond acceptors (Lipinski definition) is 3. The van der Waals surface area contributed by atoms with Gasteiger partial charge in [-0.1, -0.05) is 26.0 Å². The van der Waals surface area contributed by atoms with E-state index in [1.807, 2.05) is 0 Å². The summed E-state index contributed by atoms with van der Waals surface area (Å²) in [5, 5.41) is 3.69. The van der Waals surface area contributed by atoms with E-state index in [9.17, 15) is 0 Å². The summed E-state index contributed by atoms with van der Waals surface area (Å²) in [6.45, 7) is 8.69. The van der Waals surface area contributed by atoms with Crippen molar-refractivity contribution in [1.29, 1.82) is 0 Å². The summed E-state index contributed by atoms with van der Waals surface area (Å²) in [6.07, 6.45) is 2.27. The summed E-state index contributed by atoms with van der Waals surface area (Å²) in [5.74, 6) is 1.79. The Morgan fingerprint density at radius 2 is 2.00 bits per heavy atom. The first-order valence-electron chi connectivity index (χ1n) is 8.12. The highest BCUT2D eigenvalue weighted by atomic mass is 16.5. The van der Waals surface area contributed by atoms with Gasteiger partial charge in [-0.2, -0.15) is 0 Å². The summed E-state index contributed by atoms with van der Waals surface area (Å²) < 4.78 is 5.58. The Balaban J connectivity index is 1.92. The first-order valence-corrected chi connectivity index (χ1v) is 8.12. The van der Waals surface area contributed by atoms with Crippen LogP contribution < -0.4 is 10.1 Å². The molecule has 1 aliphatic heterocycles. The Bertz CT molecular complexity index is 457. The molecule has 1 aromatic carbocycles. The first-order chi connectivity index (χ1) is 9.97. The number of ether oxygens (including phenoxy) is 1. The Kier molecular flexibility index (Phi) is 5.65. The van der Waals surface area contributed by atoms with Crippen molar-refractivity contribution < 1.29 is 4.74 Å². The normalized spacial score (nSPS) is 16.9. The standard InChI is InChI=1S/C18H30N2O/c1-13(2)10-17(20(4)5)12-19-14(3)15-6-7-18-16(11-15)8-9-21-18/h6-7,11,13-14,17,19H,8-10,12H2,1-5H3. The SMILES string of the molecule is CC(C)CC(CNC(C)c1ccc2c(c1)CCO2)N(C)C. The van der Waals surface area contributed by atoms with Gasteiger partial charge >= 0.3 is 0 Å². The van der Waals surface area contributed by atoms with Crippen LogP contribution in [0.5, 0.6) is 5.75 Å². The summed E-state index contributed by atoms with van der Waals surface area (Å²) in [4.78, 5) is 2.33. The zero-order valence-corrected chi connectivity index (χ0v) is 14.1. The van der Waals surface area contributed by atoms with Crippen molar-refractivity contribution in [2.75, 3.05) is 27.2 Å². The van der Waals surface area contributed by atoms with Crippen molar-refractivity contribution in [1.82, 2.24) is 10.2 Å². The molecule has 0 aromatic heterocycles. The van der Waals surface area contributed by atoms with Crippen LogP contribution in [0.25, 0.3) is 0 Å². The Hall–Kier alpha value is -1.06. The molecule has 0 aliphatic carbocycles. The third-order valence-corrected chi connectivity index (χ3v) is 4.35. The molecule has 0 fully saturated rings. The molecule has 0 saturated heterocycles. The highest BCUT2D eigenvalue weighted by Crippen LogP contribution is 2.28. The number of likely N-dealkylation sites (N-methyl/N-ethyl adjacent to an activating group) is 1. The van der Waals surface area contributed by atoms with E-state index >= 15 is 0 Å². The van der Waals surface area contributed by atoms with E-state index in [0.29, 0.717) is 12.1 Å². The van der Waals surface area contributed by atoms with Crippen LogP contribution in [0.2, 0.25) is 0 Å². The van der Waals surface area contributed by atoms with Crippen LogP contribution in [0.15, 0.2) is 18.2 Å². The van der Waals surface area contributed by atoms with E-state index in [2.05, 4.69) is 63.3 Å². The van der Waals surface area contributed by atoms with Gasteiger partial charge in [-0.25, -0.2) is 0 Å². The number of nitrogens with zero attached hydrogens (tertiary/aromatic N) is 1. The maximum Gasteiger partial charge on any atom is 0.122 e. The van der Waals surface area contributed by atoms with Crippen molar-refractivity contribution in [3.05, 3.63) is 29.3 Å². The third-order valence-electron chi connectivity index (χ3n) is 4.35. The van der Waals surface area contributed by atoms with Gasteiger partial charge in [0.25, 0.3) is 0 Å². The lowest BCUT2D eigenvalue weighted by atomic mass is 10.0. The third kappa shape index (κ3) is 4.45. The van der Waals surface area contributed by atoms with Crippen molar-refractivity contribution in [2.24, 2.45) is 5.92 Å². The minimum Gasteiger partial charge on any atom is -0.493 e. The average Bonchev–Trinajstić information content (AvgIpc) is 2.89. The fraction of sp³-hybridized carbons (Fsp3) is 0.667. The van der Waals surface area contributed by atoms with Crippen LogP contribution in [-0.2, 0) is 6.42 Å². The molecule has 0 saturated carbocycles. The molecule has 1 N–H and O–H groups in total. The van der Waals surface area contributed by atoms with E-state index in [1.54, 1.807) is 0 Å². The fourth-order valence-electron chi connectivity index (χ4n) is 2.93. The largest absolute Gasteiger partial charge is 0.493 e. The average molecular weight is 290 g/mol. The molecule has 1 aliphatic rings. The van der Waals surface area contributed by atoms with Crippen molar-refractivity contribution in [3.8, 4) is 5.75 Å². The van der Waals surface area contributed by atoms with E-state index in [0.717, 1.165) is 31.2 Å². The molecule has 3 heteroatoms. The van der Waals surface area contributed by atoms with E-state index in [-0.39, 0.29) is 0 Å². The molecule has 1 heterocycles. The molecule has 2 atom stereocenters. The maximum absolute atomic E-state index is 5.58. The predicted molar refractivity (Wildman–Crippen MR) is 89.0 cm³/mol. The predicted octanol–water partition coefficient (Wildman–Crippen LogP) is 3.25. The lowest BCUT2D eigenvalue weighted by Gasteiger charge is -2.28. The Morgan fingerprint density at radius 3 is 2.67 bits per heavy atom. The number of rotatable bonds is 7. The molecule has 118 valence electrons. The number of benzene rings is 1. The van der Waals surface area contributed by atoms with E-state index in [1.165, 1.54) is 17.5 Å². The molecule has 0 spiro atoms. The van der Waals surface area contributed by atoms with Crippen LogP contribution in [0, 0.1) is 5.92 Å². The molecule has 0 radical (unpaired) electrons. The van der Waals surface area contributed by atoms with Gasteiger partial charge in [0.05, 0.1) is 6.61 Å². The second-order valence-corrected chi connectivity index (χ2v) is 6.84. The quantitative estimate of drug-likeness (QED) is 0.834. The minimum absolute atomic E-state index is 0.380. The van der Waals surface area contributed by atoms with Crippen LogP contribution >= 0.6 is 0 Å². The van der Waals surface area contributed by atoms with E-state index in [4.69, 9.17) is 4.74 Å². The number of nitrogens with one attached hydrogen (secondary N) is 1. The second kappa shape index (κ2) is 7.28. The molecule has 3 nitrogen and oxygen atoms in total. The highest BCUT2D eigenvalue weighted by molar-refractivity contribution is 5.40. The first kappa shape index (κ1) is 16.3. The van der Waals surface area contributed by atoms with Crippen molar-refractivity contribution >= 4 is 0 Å². The summed E-state index contributed by atoms with van der Waals surface area (Å²) in [6, 6.07) is 7.57. The number of fused-ring (bicyclic) bond motifs is 1. The van der Waals surface area contributed by atoms with Crippen molar-refractivity contribution in [3.63, 3.8) is 0 Å². The second-order valence-electron chi connectivity index (χ2n) is 6.84.